The Morgan fingerprint density at radius 3 is 2.90 bits per heavy atom. The van der Waals surface area contributed by atoms with E-state index in [-0.39, 0.29) is 18.9 Å². The van der Waals surface area contributed by atoms with E-state index in [1.165, 1.54) is 4.90 Å². The van der Waals surface area contributed by atoms with Gasteiger partial charge in [0.2, 0.25) is 5.91 Å². The van der Waals surface area contributed by atoms with Gasteiger partial charge in [-0.3, -0.25) is 14.3 Å². The number of rotatable bonds is 10. The molecule has 4 N–H and O–H groups in total. The lowest BCUT2D eigenvalue weighted by atomic mass is 9.82. The molecule has 2 aromatic carbocycles. The Balaban J connectivity index is 1.28. The first-order valence-corrected chi connectivity index (χ1v) is 13.0. The molecule has 39 heavy (non-hydrogen) atoms. The first-order valence-electron chi connectivity index (χ1n) is 13.0. The second-order valence-electron chi connectivity index (χ2n) is 9.90. The highest BCUT2D eigenvalue weighted by atomic mass is 16.3. The fourth-order valence-corrected chi connectivity index (χ4v) is 5.11. The molecule has 0 unspecified atom stereocenters. The fourth-order valence-electron chi connectivity index (χ4n) is 5.11. The molecule has 10 nitrogen and oxygen atoms in total. The van der Waals surface area contributed by atoms with Crippen LogP contribution < -0.4 is 10.2 Å². The highest BCUT2D eigenvalue weighted by molar-refractivity contribution is 6.07. The van der Waals surface area contributed by atoms with E-state index in [4.69, 9.17) is 5.11 Å². The summed E-state index contributed by atoms with van der Waals surface area (Å²) in [6.07, 6.45) is 8.65. The maximum atomic E-state index is 13.2. The molecule has 3 heterocycles. The number of aliphatic hydroxyl groups is 2. The van der Waals surface area contributed by atoms with E-state index < -0.39 is 17.4 Å². The maximum Gasteiger partial charge on any atom is 0.264 e. The van der Waals surface area contributed by atoms with Gasteiger partial charge in [0.25, 0.3) is 5.91 Å². The summed E-state index contributed by atoms with van der Waals surface area (Å²) in [6.45, 7) is 2.40. The van der Waals surface area contributed by atoms with Gasteiger partial charge in [-0.25, -0.2) is 0 Å². The standard InChI is InChI=1S/C29H32N6O4/c1-19(7-5-6-13-35-18-22(12-14-36)32-33-35)29(39)24-16-21(10-11-26(24)34(2)28(29)38)31-27(37)15-20-17-30-25-9-4-3-8-23(20)25/h3-5,7-11,16-19,30,36,39H,6,12-15H2,1-2H3,(H,31,37)/b7-5+/t19-,29+/m1/s1. The second kappa shape index (κ2) is 10.8. The number of aromatic amines is 1. The molecule has 2 aromatic heterocycles. The van der Waals surface area contributed by atoms with Gasteiger partial charge in [0, 0.05) is 67.1 Å². The summed E-state index contributed by atoms with van der Waals surface area (Å²) < 4.78 is 1.70. The Labute approximate surface area is 226 Å². The van der Waals surface area contributed by atoms with Crippen molar-refractivity contribution in [1.29, 1.82) is 0 Å². The summed E-state index contributed by atoms with van der Waals surface area (Å²) in [5.74, 6) is -1.13. The zero-order valence-corrected chi connectivity index (χ0v) is 22.0. The normalized spacial score (nSPS) is 17.7. The fraction of sp³-hybridized carbons (Fsp3) is 0.310. The molecule has 0 bridgehead atoms. The van der Waals surface area contributed by atoms with Gasteiger partial charge in [-0.2, -0.15) is 0 Å². The van der Waals surface area contributed by atoms with Gasteiger partial charge < -0.3 is 25.4 Å². The lowest BCUT2D eigenvalue weighted by Gasteiger charge is -2.27. The SMILES string of the molecule is C[C@H](/C=C/CCn1cc(CCO)nn1)[C@@]1(O)C(=O)N(C)c2ccc(NC(=O)Cc3c[nH]c4ccccc34)cc21. The molecule has 1 aliphatic heterocycles. The van der Waals surface area contributed by atoms with Crippen molar-refractivity contribution in [2.75, 3.05) is 23.9 Å². The molecule has 0 spiro atoms. The number of nitrogens with one attached hydrogen (secondary N) is 2. The van der Waals surface area contributed by atoms with Crippen LogP contribution in [0.4, 0.5) is 11.4 Å². The van der Waals surface area contributed by atoms with Gasteiger partial charge in [0.05, 0.1) is 17.8 Å². The number of nitrogens with zero attached hydrogens (tertiary/aromatic N) is 4. The van der Waals surface area contributed by atoms with Crippen molar-refractivity contribution in [2.45, 2.75) is 38.3 Å². The summed E-state index contributed by atoms with van der Waals surface area (Å²) >= 11 is 0. The number of fused-ring (bicyclic) bond motifs is 2. The van der Waals surface area contributed by atoms with Crippen molar-refractivity contribution < 1.29 is 19.8 Å². The Morgan fingerprint density at radius 2 is 2.08 bits per heavy atom. The molecule has 0 saturated heterocycles. The zero-order chi connectivity index (χ0) is 27.6. The monoisotopic (exact) mass is 528 g/mol. The molecule has 1 aliphatic rings. The summed E-state index contributed by atoms with van der Waals surface area (Å²) in [4.78, 5) is 30.7. The number of likely N-dealkylation sites (N-methyl/N-ethyl adjacent to an activating group) is 1. The number of allylic oxidation sites excluding steroid dienone is 1. The summed E-state index contributed by atoms with van der Waals surface area (Å²) in [5.41, 5.74) is 2.41. The topological polar surface area (TPSA) is 136 Å². The summed E-state index contributed by atoms with van der Waals surface area (Å²) in [7, 11) is 1.64. The van der Waals surface area contributed by atoms with Crippen LogP contribution in [0, 0.1) is 5.92 Å². The van der Waals surface area contributed by atoms with E-state index in [2.05, 4.69) is 20.6 Å². The van der Waals surface area contributed by atoms with Crippen LogP contribution in [0.2, 0.25) is 0 Å². The van der Waals surface area contributed by atoms with Crippen LogP contribution in [-0.4, -0.2) is 55.7 Å². The minimum atomic E-state index is -1.76. The van der Waals surface area contributed by atoms with Crippen molar-refractivity contribution >= 4 is 34.1 Å². The van der Waals surface area contributed by atoms with Gasteiger partial charge in [0.15, 0.2) is 5.60 Å². The molecule has 0 saturated carbocycles. The second-order valence-corrected chi connectivity index (χ2v) is 9.90. The average molecular weight is 529 g/mol. The number of carbonyl (C=O) groups excluding carboxylic acids is 2. The van der Waals surface area contributed by atoms with E-state index in [1.54, 1.807) is 43.0 Å². The van der Waals surface area contributed by atoms with Gasteiger partial charge in [0.1, 0.15) is 0 Å². The molecule has 10 heteroatoms. The van der Waals surface area contributed by atoms with Crippen LogP contribution in [0.5, 0.6) is 0 Å². The minimum absolute atomic E-state index is 0.0220. The predicted octanol–water partition coefficient (Wildman–Crippen LogP) is 2.92. The van der Waals surface area contributed by atoms with Crippen LogP contribution in [0.25, 0.3) is 10.9 Å². The van der Waals surface area contributed by atoms with Crippen LogP contribution in [-0.2, 0) is 34.6 Å². The van der Waals surface area contributed by atoms with E-state index in [9.17, 15) is 14.7 Å². The van der Waals surface area contributed by atoms with E-state index >= 15 is 0 Å². The third-order valence-corrected chi connectivity index (χ3v) is 7.27. The van der Waals surface area contributed by atoms with Crippen molar-refractivity contribution in [3.05, 3.63) is 83.8 Å². The number of aryl methyl sites for hydroxylation is 1. The molecule has 0 radical (unpaired) electrons. The minimum Gasteiger partial charge on any atom is -0.396 e. The van der Waals surface area contributed by atoms with Crippen LogP contribution >= 0.6 is 0 Å². The number of aromatic nitrogens is 4. The van der Waals surface area contributed by atoms with Crippen LogP contribution in [0.3, 0.4) is 0 Å². The van der Waals surface area contributed by atoms with Crippen LogP contribution in [0.1, 0.15) is 30.2 Å². The molecule has 2 atom stereocenters. The molecule has 5 rings (SSSR count). The average Bonchev–Trinajstić information content (AvgIpc) is 3.60. The van der Waals surface area contributed by atoms with E-state index in [1.807, 2.05) is 42.6 Å². The van der Waals surface area contributed by atoms with Crippen molar-refractivity contribution in [3.63, 3.8) is 0 Å². The quantitative estimate of drug-likeness (QED) is 0.234. The van der Waals surface area contributed by atoms with Gasteiger partial charge in [-0.05, 0) is 36.2 Å². The molecule has 4 aromatic rings. The predicted molar refractivity (Wildman–Crippen MR) is 148 cm³/mol. The number of H-pyrrole nitrogens is 1. The number of hydrogen-bond acceptors (Lipinski definition) is 6. The van der Waals surface area contributed by atoms with Crippen molar-refractivity contribution in [2.24, 2.45) is 5.92 Å². The number of aliphatic hydroxyl groups excluding tert-OH is 1. The zero-order valence-electron chi connectivity index (χ0n) is 22.0. The third kappa shape index (κ3) is 5.08. The molecule has 0 fully saturated rings. The number of para-hydroxylation sites is 1. The smallest absolute Gasteiger partial charge is 0.264 e. The largest absolute Gasteiger partial charge is 0.396 e. The van der Waals surface area contributed by atoms with E-state index in [0.717, 1.165) is 22.2 Å². The molecular weight excluding hydrogens is 496 g/mol. The van der Waals surface area contributed by atoms with Gasteiger partial charge in [-0.15, -0.1) is 5.10 Å². The lowest BCUT2D eigenvalue weighted by Crippen LogP contribution is -2.43. The highest BCUT2D eigenvalue weighted by Crippen LogP contribution is 2.45. The summed E-state index contributed by atoms with van der Waals surface area (Å²) in [6, 6.07) is 13.0. The first-order chi connectivity index (χ1) is 18.8. The third-order valence-electron chi connectivity index (χ3n) is 7.27. The lowest BCUT2D eigenvalue weighted by molar-refractivity contribution is -0.139. The molecular formula is C29H32N6O4. The van der Waals surface area contributed by atoms with Gasteiger partial charge in [-0.1, -0.05) is 42.5 Å². The Hall–Kier alpha value is -4.28. The molecule has 0 aliphatic carbocycles. The number of carbonyl (C=O) groups is 2. The Morgan fingerprint density at radius 1 is 1.26 bits per heavy atom. The van der Waals surface area contributed by atoms with Crippen molar-refractivity contribution in [1.82, 2.24) is 20.0 Å². The number of hydrogen-bond donors (Lipinski definition) is 4. The summed E-state index contributed by atoms with van der Waals surface area (Å²) in [5, 5.41) is 32.7. The van der Waals surface area contributed by atoms with Crippen LogP contribution in [0.15, 0.2) is 67.0 Å². The number of amides is 2. The molecule has 2 amide bonds. The Bertz CT molecular complexity index is 1540. The van der Waals surface area contributed by atoms with E-state index in [0.29, 0.717) is 36.3 Å². The Kier molecular flexibility index (Phi) is 7.32. The highest BCUT2D eigenvalue weighted by Gasteiger charge is 2.51. The number of benzene rings is 2. The first kappa shape index (κ1) is 26.3. The van der Waals surface area contributed by atoms with Gasteiger partial charge >= 0.3 is 0 Å². The maximum absolute atomic E-state index is 13.2. The number of anilines is 2. The molecule has 202 valence electrons. The van der Waals surface area contributed by atoms with Crippen molar-refractivity contribution in [3.8, 4) is 0 Å².